The van der Waals surface area contributed by atoms with Gasteiger partial charge in [-0.05, 0) is 53.1 Å². The molecule has 0 spiro atoms. The summed E-state index contributed by atoms with van der Waals surface area (Å²) < 4.78 is 5.56. The van der Waals surface area contributed by atoms with Crippen molar-refractivity contribution in [1.29, 1.82) is 5.26 Å². The summed E-state index contributed by atoms with van der Waals surface area (Å²) in [6.45, 7) is 4.05. The van der Waals surface area contributed by atoms with Crippen LogP contribution in [0.4, 0.5) is 0 Å². The average molecular weight is 344 g/mol. The Morgan fingerprint density at radius 3 is 2.76 bits per heavy atom. The number of ether oxygens (including phenoxy) is 1. The first-order chi connectivity index (χ1) is 8.04. The van der Waals surface area contributed by atoms with Crippen molar-refractivity contribution in [2.24, 2.45) is 0 Å². The predicted octanol–water partition coefficient (Wildman–Crippen LogP) is 2.57. The molecular weight excluding hydrogens is 331 g/mol. The zero-order chi connectivity index (χ0) is 13.0. The van der Waals surface area contributed by atoms with Crippen LogP contribution in [0.25, 0.3) is 6.08 Å². The van der Waals surface area contributed by atoms with E-state index in [9.17, 15) is 4.79 Å². The minimum Gasteiger partial charge on any atom is -0.465 e. The Morgan fingerprint density at radius 1 is 1.65 bits per heavy atom. The van der Waals surface area contributed by atoms with Gasteiger partial charge in [0.15, 0.2) is 0 Å². The molecule has 1 N–H and O–H groups in total. The van der Waals surface area contributed by atoms with E-state index >= 15 is 0 Å². The summed E-state index contributed by atoms with van der Waals surface area (Å²) in [6, 6.07) is 1.85. The second-order valence-corrected chi connectivity index (χ2v) is 4.55. The quantitative estimate of drug-likeness (QED) is 0.397. The Morgan fingerprint density at radius 2 is 2.29 bits per heavy atom. The van der Waals surface area contributed by atoms with Crippen LogP contribution in [0.3, 0.4) is 0 Å². The normalized spacial score (nSPS) is 11.1. The van der Waals surface area contributed by atoms with E-state index in [2.05, 4.69) is 32.3 Å². The van der Waals surface area contributed by atoms with E-state index in [-0.39, 0.29) is 5.57 Å². The fraction of sp³-hybridized carbons (Fsp3) is 0.333. The number of hydrogen-bond donors (Lipinski definition) is 1. The molecule has 1 aromatic rings. The van der Waals surface area contributed by atoms with Gasteiger partial charge in [0.1, 0.15) is 11.6 Å². The van der Waals surface area contributed by atoms with Crippen LogP contribution >= 0.6 is 22.6 Å². The van der Waals surface area contributed by atoms with Crippen molar-refractivity contribution in [3.8, 4) is 6.07 Å². The molecule has 0 bridgehead atoms. The molecule has 90 valence electrons. The number of nitrogens with one attached hydrogen (secondary N) is 1. The lowest BCUT2D eigenvalue weighted by atomic mass is 10.1. The number of carbonyl (C=O) groups excluding carboxylic acids is 1. The number of aromatic nitrogens is 1. The molecule has 0 radical (unpaired) electrons. The number of halogens is 1. The molecule has 1 rings (SSSR count). The summed E-state index contributed by atoms with van der Waals surface area (Å²) in [6.07, 6.45) is 2.39. The fourth-order valence-corrected chi connectivity index (χ4v) is 2.21. The lowest BCUT2D eigenvalue weighted by Crippen LogP contribution is -2.03. The van der Waals surface area contributed by atoms with Crippen LogP contribution in [0.5, 0.6) is 0 Å². The van der Waals surface area contributed by atoms with Gasteiger partial charge in [0.25, 0.3) is 0 Å². The maximum Gasteiger partial charge on any atom is 0.348 e. The lowest BCUT2D eigenvalue weighted by molar-refractivity contribution is -0.135. The molecule has 5 heteroatoms. The van der Waals surface area contributed by atoms with Gasteiger partial charge in [-0.1, -0.05) is 6.92 Å². The van der Waals surface area contributed by atoms with E-state index in [1.807, 2.05) is 19.9 Å². The molecule has 17 heavy (non-hydrogen) atoms. The van der Waals surface area contributed by atoms with Crippen LogP contribution in [-0.4, -0.2) is 18.1 Å². The highest BCUT2D eigenvalue weighted by molar-refractivity contribution is 14.1. The first-order valence-electron chi connectivity index (χ1n) is 5.12. The highest BCUT2D eigenvalue weighted by Crippen LogP contribution is 2.22. The summed E-state index contributed by atoms with van der Waals surface area (Å²) in [4.78, 5) is 14.5. The highest BCUT2D eigenvalue weighted by atomic mass is 127. The monoisotopic (exact) mass is 344 g/mol. The molecule has 0 atom stereocenters. The van der Waals surface area contributed by atoms with Crippen molar-refractivity contribution in [1.82, 2.24) is 4.98 Å². The van der Waals surface area contributed by atoms with E-state index in [4.69, 9.17) is 5.26 Å². The Labute approximate surface area is 114 Å². The molecule has 0 fully saturated rings. The van der Waals surface area contributed by atoms with Crippen LogP contribution < -0.4 is 0 Å². The van der Waals surface area contributed by atoms with Crippen molar-refractivity contribution in [2.75, 3.05) is 7.11 Å². The fourth-order valence-electron chi connectivity index (χ4n) is 1.59. The largest absolute Gasteiger partial charge is 0.465 e. The molecule has 4 nitrogen and oxygen atoms in total. The number of hydrogen-bond acceptors (Lipinski definition) is 3. The lowest BCUT2D eigenvalue weighted by Gasteiger charge is -1.99. The second kappa shape index (κ2) is 5.87. The molecule has 0 aliphatic rings. The third-order valence-corrected chi connectivity index (χ3v) is 3.60. The van der Waals surface area contributed by atoms with Gasteiger partial charge in [-0.15, -0.1) is 0 Å². The van der Waals surface area contributed by atoms with E-state index in [0.29, 0.717) is 0 Å². The zero-order valence-corrected chi connectivity index (χ0v) is 12.1. The summed E-state index contributed by atoms with van der Waals surface area (Å²) in [5.41, 5.74) is 3.07. The Balaban J connectivity index is 3.26. The summed E-state index contributed by atoms with van der Waals surface area (Å²) >= 11 is 2.20. The molecule has 0 aromatic carbocycles. The predicted molar refractivity (Wildman–Crippen MR) is 73.2 cm³/mol. The van der Waals surface area contributed by atoms with Crippen LogP contribution in [0.2, 0.25) is 0 Å². The third kappa shape index (κ3) is 2.88. The molecule has 0 unspecified atom stereocenters. The molecule has 0 saturated carbocycles. The number of methoxy groups -OCH3 is 1. The van der Waals surface area contributed by atoms with Gasteiger partial charge in [-0.3, -0.25) is 0 Å². The Hall–Kier alpha value is -1.29. The maximum atomic E-state index is 11.3. The molecule has 1 heterocycles. The molecule has 0 aliphatic carbocycles. The van der Waals surface area contributed by atoms with Gasteiger partial charge < -0.3 is 9.72 Å². The van der Waals surface area contributed by atoms with Crippen molar-refractivity contribution >= 4 is 34.6 Å². The number of H-pyrrole nitrogens is 1. The minimum atomic E-state index is -0.614. The average Bonchev–Trinajstić information content (AvgIpc) is 2.60. The number of nitrogens with zero attached hydrogens (tertiary/aromatic N) is 1. The van der Waals surface area contributed by atoms with Crippen LogP contribution in [0.1, 0.15) is 23.7 Å². The second-order valence-electron chi connectivity index (χ2n) is 3.47. The smallest absolute Gasteiger partial charge is 0.348 e. The molecular formula is C12H13IN2O2. The van der Waals surface area contributed by atoms with Crippen LogP contribution in [-0.2, 0) is 16.0 Å². The van der Waals surface area contributed by atoms with Crippen molar-refractivity contribution in [3.05, 3.63) is 26.1 Å². The van der Waals surface area contributed by atoms with Crippen LogP contribution in [0.15, 0.2) is 5.57 Å². The van der Waals surface area contributed by atoms with Gasteiger partial charge in [0, 0.05) is 5.69 Å². The standard InChI is InChI=1S/C12H13IN2O2/c1-4-9-7(2)11(13)15-10(9)5-8(6-14)12(16)17-3/h5,15H,4H2,1-3H3/b8-5-. The van der Waals surface area contributed by atoms with E-state index in [1.54, 1.807) is 6.08 Å². The van der Waals surface area contributed by atoms with E-state index < -0.39 is 5.97 Å². The number of aromatic amines is 1. The van der Waals surface area contributed by atoms with Crippen molar-refractivity contribution < 1.29 is 9.53 Å². The topological polar surface area (TPSA) is 65.9 Å². The molecule has 0 amide bonds. The zero-order valence-electron chi connectivity index (χ0n) is 9.93. The SMILES string of the molecule is CCc1c(/C=C(/C#N)C(=O)OC)[nH]c(I)c1C. The van der Waals surface area contributed by atoms with Gasteiger partial charge in [-0.2, -0.15) is 5.26 Å². The highest BCUT2D eigenvalue weighted by Gasteiger charge is 2.13. The van der Waals surface area contributed by atoms with Gasteiger partial charge >= 0.3 is 5.97 Å². The first-order valence-corrected chi connectivity index (χ1v) is 6.20. The Bertz CT molecular complexity index is 509. The van der Waals surface area contributed by atoms with Crippen molar-refractivity contribution in [3.63, 3.8) is 0 Å². The summed E-state index contributed by atoms with van der Waals surface area (Å²) in [5, 5.41) is 8.89. The molecule has 0 saturated heterocycles. The number of nitriles is 1. The van der Waals surface area contributed by atoms with E-state index in [0.717, 1.165) is 26.9 Å². The summed E-state index contributed by atoms with van der Waals surface area (Å²) in [7, 11) is 1.26. The minimum absolute atomic E-state index is 0.000139. The van der Waals surface area contributed by atoms with Crippen LogP contribution in [0, 0.1) is 22.0 Å². The molecule has 0 aliphatic heterocycles. The van der Waals surface area contributed by atoms with Gasteiger partial charge in [-0.25, -0.2) is 4.79 Å². The van der Waals surface area contributed by atoms with Gasteiger partial charge in [0.2, 0.25) is 0 Å². The van der Waals surface area contributed by atoms with Crippen molar-refractivity contribution in [2.45, 2.75) is 20.3 Å². The first kappa shape index (κ1) is 13.8. The molecule has 1 aromatic heterocycles. The Kier molecular flexibility index (Phi) is 4.75. The van der Waals surface area contributed by atoms with E-state index in [1.165, 1.54) is 7.11 Å². The summed E-state index contributed by atoms with van der Waals surface area (Å²) in [5.74, 6) is -0.614. The number of rotatable bonds is 3. The van der Waals surface area contributed by atoms with Gasteiger partial charge in [0.05, 0.1) is 10.8 Å². The maximum absolute atomic E-state index is 11.3. The third-order valence-electron chi connectivity index (χ3n) is 2.52. The number of carbonyl (C=O) groups is 1. The number of esters is 1.